The van der Waals surface area contributed by atoms with Gasteiger partial charge >= 0.3 is 0 Å². The highest BCUT2D eigenvalue weighted by atomic mass is 16.5. The van der Waals surface area contributed by atoms with Crippen molar-refractivity contribution >= 4 is 17.7 Å². The van der Waals surface area contributed by atoms with Crippen molar-refractivity contribution in [1.29, 1.82) is 0 Å². The van der Waals surface area contributed by atoms with Crippen molar-refractivity contribution in [1.82, 2.24) is 25.2 Å². The number of aliphatic hydroxyl groups is 1. The Morgan fingerprint density at radius 2 is 1.97 bits per heavy atom. The topological polar surface area (TPSA) is 127 Å². The standard InChI is InChI=1S/C24H23N5O5/c1-14(34-16-7-5-15(13-30)6-8-16)19-12-29(27-26-19)20-4-2-3-17-18(20)11-28(24(17)33)21-9-10-22(31)25-23(21)32/h2-8,12,14,21,30H,9-11,13H2,1H3,(H,25,31,32). The summed E-state index contributed by atoms with van der Waals surface area (Å²) >= 11 is 0. The lowest BCUT2D eigenvalue weighted by Gasteiger charge is -2.29. The van der Waals surface area contributed by atoms with Crippen LogP contribution in [0.3, 0.4) is 0 Å². The third-order valence-corrected chi connectivity index (χ3v) is 6.15. The Balaban J connectivity index is 1.36. The molecule has 10 nitrogen and oxygen atoms in total. The zero-order chi connectivity index (χ0) is 23.8. The average Bonchev–Trinajstić information content (AvgIpc) is 3.45. The molecule has 0 saturated carbocycles. The van der Waals surface area contributed by atoms with E-state index in [1.165, 1.54) is 4.90 Å². The van der Waals surface area contributed by atoms with Crippen molar-refractivity contribution in [2.45, 2.75) is 45.1 Å². The van der Waals surface area contributed by atoms with Crippen LogP contribution in [0, 0.1) is 0 Å². The third kappa shape index (κ3) is 3.92. The van der Waals surface area contributed by atoms with Crippen LogP contribution in [0.4, 0.5) is 0 Å². The Hall–Kier alpha value is -4.05. The largest absolute Gasteiger partial charge is 0.484 e. The lowest BCUT2D eigenvalue weighted by molar-refractivity contribution is -0.136. The van der Waals surface area contributed by atoms with Crippen LogP contribution in [0.2, 0.25) is 0 Å². The Kier molecular flexibility index (Phi) is 5.58. The number of piperidine rings is 1. The van der Waals surface area contributed by atoms with Gasteiger partial charge < -0.3 is 14.7 Å². The minimum absolute atomic E-state index is 0.0327. The van der Waals surface area contributed by atoms with Gasteiger partial charge in [0.05, 0.1) is 18.5 Å². The predicted molar refractivity (Wildman–Crippen MR) is 119 cm³/mol. The Labute approximate surface area is 195 Å². The lowest BCUT2D eigenvalue weighted by Crippen LogP contribution is -2.52. The van der Waals surface area contributed by atoms with E-state index < -0.39 is 11.9 Å². The smallest absolute Gasteiger partial charge is 0.255 e. The minimum atomic E-state index is -0.678. The fourth-order valence-electron chi connectivity index (χ4n) is 4.30. The summed E-state index contributed by atoms with van der Waals surface area (Å²) < 4.78 is 7.55. The van der Waals surface area contributed by atoms with Gasteiger partial charge in [-0.25, -0.2) is 4.68 Å². The molecule has 2 aliphatic rings. The van der Waals surface area contributed by atoms with E-state index in [4.69, 9.17) is 4.74 Å². The lowest BCUT2D eigenvalue weighted by atomic mass is 10.0. The fourth-order valence-corrected chi connectivity index (χ4v) is 4.30. The molecular formula is C24H23N5O5. The first-order valence-corrected chi connectivity index (χ1v) is 11.0. The molecule has 3 amide bonds. The van der Waals surface area contributed by atoms with E-state index in [0.29, 0.717) is 29.1 Å². The molecule has 2 aliphatic heterocycles. The van der Waals surface area contributed by atoms with Gasteiger partial charge in [-0.05, 0) is 43.2 Å². The first-order valence-electron chi connectivity index (χ1n) is 11.0. The molecule has 1 fully saturated rings. The van der Waals surface area contributed by atoms with E-state index in [0.717, 1.165) is 11.1 Å². The number of nitrogens with zero attached hydrogens (tertiary/aromatic N) is 4. The van der Waals surface area contributed by atoms with E-state index in [1.54, 1.807) is 47.3 Å². The highest BCUT2D eigenvalue weighted by molar-refractivity contribution is 6.05. The second-order valence-electron chi connectivity index (χ2n) is 8.35. The molecule has 5 rings (SSSR count). The first-order chi connectivity index (χ1) is 16.4. The number of fused-ring (bicyclic) bond motifs is 1. The van der Waals surface area contributed by atoms with Crippen LogP contribution in [-0.4, -0.2) is 48.8 Å². The SMILES string of the molecule is CC(Oc1ccc(CO)cc1)c1cn(-c2cccc3c2CN(C2CCC(=O)NC2=O)C3=O)nn1. The molecule has 2 atom stereocenters. The highest BCUT2D eigenvalue weighted by Gasteiger charge is 2.40. The van der Waals surface area contributed by atoms with Gasteiger partial charge in [-0.2, -0.15) is 0 Å². The maximum atomic E-state index is 13.0. The molecule has 1 saturated heterocycles. The fraction of sp³-hybridized carbons (Fsp3) is 0.292. The van der Waals surface area contributed by atoms with Crippen LogP contribution in [0.1, 0.15) is 53.0 Å². The summed E-state index contributed by atoms with van der Waals surface area (Å²) in [6.07, 6.45) is 1.88. The predicted octanol–water partition coefficient (Wildman–Crippen LogP) is 1.66. The molecule has 174 valence electrons. The first kappa shape index (κ1) is 21.8. The maximum absolute atomic E-state index is 13.0. The van der Waals surface area contributed by atoms with Crippen LogP contribution in [0.25, 0.3) is 5.69 Å². The van der Waals surface area contributed by atoms with E-state index in [2.05, 4.69) is 15.6 Å². The number of amides is 3. The van der Waals surface area contributed by atoms with Crippen LogP contribution < -0.4 is 10.1 Å². The molecule has 3 aromatic rings. The second-order valence-corrected chi connectivity index (χ2v) is 8.35. The molecule has 2 unspecified atom stereocenters. The van der Waals surface area contributed by atoms with Crippen LogP contribution in [0.15, 0.2) is 48.7 Å². The summed E-state index contributed by atoms with van der Waals surface area (Å²) in [5.41, 5.74) is 3.35. The second kappa shape index (κ2) is 8.71. The van der Waals surface area contributed by atoms with Crippen molar-refractivity contribution in [3.05, 3.63) is 71.0 Å². The van der Waals surface area contributed by atoms with Crippen molar-refractivity contribution in [2.24, 2.45) is 0 Å². The summed E-state index contributed by atoms with van der Waals surface area (Å²) in [6.45, 7) is 2.07. The number of carbonyl (C=O) groups excluding carboxylic acids is 3. The molecule has 3 heterocycles. The molecule has 0 bridgehead atoms. The highest BCUT2D eigenvalue weighted by Crippen LogP contribution is 2.31. The zero-order valence-corrected chi connectivity index (χ0v) is 18.5. The Morgan fingerprint density at radius 3 is 2.71 bits per heavy atom. The van der Waals surface area contributed by atoms with Gasteiger partial charge in [-0.15, -0.1) is 5.10 Å². The molecule has 1 aromatic heterocycles. The van der Waals surface area contributed by atoms with Gasteiger partial charge in [0.15, 0.2) is 0 Å². The molecule has 0 radical (unpaired) electrons. The summed E-state index contributed by atoms with van der Waals surface area (Å²) in [4.78, 5) is 38.4. The third-order valence-electron chi connectivity index (χ3n) is 6.15. The number of hydrogen-bond acceptors (Lipinski definition) is 7. The quantitative estimate of drug-likeness (QED) is 0.535. The van der Waals surface area contributed by atoms with Gasteiger partial charge in [-0.1, -0.05) is 23.4 Å². The van der Waals surface area contributed by atoms with Crippen molar-refractivity contribution in [3.63, 3.8) is 0 Å². The van der Waals surface area contributed by atoms with Gasteiger partial charge in [-0.3, -0.25) is 19.7 Å². The van der Waals surface area contributed by atoms with Crippen molar-refractivity contribution in [3.8, 4) is 11.4 Å². The normalized spacial score (nSPS) is 18.6. The van der Waals surface area contributed by atoms with Crippen LogP contribution in [-0.2, 0) is 22.7 Å². The van der Waals surface area contributed by atoms with Gasteiger partial charge in [0.25, 0.3) is 5.91 Å². The van der Waals surface area contributed by atoms with Gasteiger partial charge in [0.2, 0.25) is 11.8 Å². The summed E-state index contributed by atoms with van der Waals surface area (Å²) in [7, 11) is 0. The molecule has 10 heteroatoms. The van der Waals surface area contributed by atoms with Crippen LogP contribution >= 0.6 is 0 Å². The molecule has 34 heavy (non-hydrogen) atoms. The van der Waals surface area contributed by atoms with Gasteiger partial charge in [0, 0.05) is 24.1 Å². The van der Waals surface area contributed by atoms with Crippen molar-refractivity contribution < 1.29 is 24.2 Å². The number of rotatable bonds is 6. The minimum Gasteiger partial charge on any atom is -0.484 e. The zero-order valence-electron chi connectivity index (χ0n) is 18.5. The Bertz CT molecular complexity index is 1270. The molecule has 0 spiro atoms. The molecule has 0 aliphatic carbocycles. The molecule has 2 aromatic carbocycles. The van der Waals surface area contributed by atoms with E-state index in [9.17, 15) is 19.5 Å². The molecule has 2 N–H and O–H groups in total. The number of carbonyl (C=O) groups is 3. The van der Waals surface area contributed by atoms with Crippen LogP contribution in [0.5, 0.6) is 5.75 Å². The van der Waals surface area contributed by atoms with E-state index in [-0.39, 0.29) is 37.5 Å². The number of ether oxygens (including phenoxy) is 1. The summed E-state index contributed by atoms with van der Waals surface area (Å²) in [5, 5.41) is 20.0. The number of hydrogen-bond donors (Lipinski definition) is 2. The summed E-state index contributed by atoms with van der Waals surface area (Å²) in [6, 6.07) is 11.8. The number of benzene rings is 2. The van der Waals surface area contributed by atoms with Crippen molar-refractivity contribution in [2.75, 3.05) is 0 Å². The van der Waals surface area contributed by atoms with Gasteiger partial charge in [0.1, 0.15) is 23.6 Å². The number of imide groups is 1. The number of nitrogens with one attached hydrogen (secondary N) is 1. The average molecular weight is 461 g/mol. The number of aromatic nitrogens is 3. The monoisotopic (exact) mass is 461 g/mol. The van der Waals surface area contributed by atoms with E-state index in [1.807, 2.05) is 13.0 Å². The Morgan fingerprint density at radius 1 is 1.18 bits per heavy atom. The summed E-state index contributed by atoms with van der Waals surface area (Å²) in [5.74, 6) is -0.359. The maximum Gasteiger partial charge on any atom is 0.255 e. The van der Waals surface area contributed by atoms with E-state index >= 15 is 0 Å². The number of aliphatic hydroxyl groups excluding tert-OH is 1. The molecular weight excluding hydrogens is 438 g/mol.